The Kier molecular flexibility index (Phi) is 8.23. The summed E-state index contributed by atoms with van der Waals surface area (Å²) in [5.74, 6) is -0.258. The van der Waals surface area contributed by atoms with E-state index < -0.39 is 5.97 Å². The summed E-state index contributed by atoms with van der Waals surface area (Å²) < 4.78 is 10.4. The Bertz CT molecular complexity index is 1320. The van der Waals surface area contributed by atoms with Crippen LogP contribution in [-0.4, -0.2) is 52.7 Å². The first-order valence-electron chi connectivity index (χ1n) is 11.1. The van der Waals surface area contributed by atoms with E-state index in [0.29, 0.717) is 34.8 Å². The number of rotatable bonds is 7. The number of anilines is 1. The van der Waals surface area contributed by atoms with E-state index in [-0.39, 0.29) is 17.1 Å². The lowest BCUT2D eigenvalue weighted by Crippen LogP contribution is -2.27. The molecule has 2 aromatic carbocycles. The van der Waals surface area contributed by atoms with Gasteiger partial charge < -0.3 is 30.6 Å². The smallest absolute Gasteiger partial charge is 0.371 e. The largest absolute Gasteiger partial charge is 0.493 e. The summed E-state index contributed by atoms with van der Waals surface area (Å²) in [5, 5.41) is 11.4. The van der Waals surface area contributed by atoms with E-state index in [2.05, 4.69) is 34.1 Å². The van der Waals surface area contributed by atoms with Gasteiger partial charge in [0.1, 0.15) is 5.52 Å². The number of aromatic amines is 1. The topological polar surface area (TPSA) is 152 Å². The first-order valence-corrected chi connectivity index (χ1v) is 11.1. The zero-order chi connectivity index (χ0) is 26.3. The van der Waals surface area contributed by atoms with Crippen LogP contribution in [0.25, 0.3) is 11.2 Å². The van der Waals surface area contributed by atoms with Crippen LogP contribution in [-0.2, 0) is 5.41 Å². The van der Waals surface area contributed by atoms with E-state index in [0.717, 1.165) is 11.3 Å². The second-order valence-corrected chi connectivity index (χ2v) is 8.45. The molecule has 0 aliphatic carbocycles. The molecular formula is C26H29N5O5. The van der Waals surface area contributed by atoms with Crippen molar-refractivity contribution in [1.82, 2.24) is 15.0 Å². The van der Waals surface area contributed by atoms with Crippen molar-refractivity contribution in [2.24, 2.45) is 5.73 Å². The van der Waals surface area contributed by atoms with Crippen LogP contribution in [0.2, 0.25) is 0 Å². The number of amides is 1. The summed E-state index contributed by atoms with van der Waals surface area (Å²) in [6.45, 7) is 4.73. The number of pyridine rings is 1. The van der Waals surface area contributed by atoms with Crippen molar-refractivity contribution >= 4 is 28.7 Å². The van der Waals surface area contributed by atoms with Gasteiger partial charge in [0.25, 0.3) is 5.91 Å². The van der Waals surface area contributed by atoms with Gasteiger partial charge in [-0.1, -0.05) is 26.0 Å². The summed E-state index contributed by atoms with van der Waals surface area (Å²) in [6, 6.07) is 16.2. The van der Waals surface area contributed by atoms with Crippen molar-refractivity contribution < 1.29 is 24.2 Å². The van der Waals surface area contributed by atoms with Gasteiger partial charge >= 0.3 is 5.97 Å². The van der Waals surface area contributed by atoms with E-state index in [1.54, 1.807) is 43.6 Å². The Labute approximate surface area is 208 Å². The third-order valence-corrected chi connectivity index (χ3v) is 5.54. The zero-order valence-corrected chi connectivity index (χ0v) is 20.5. The Balaban J connectivity index is 0.000000249. The Morgan fingerprint density at radius 2 is 1.75 bits per heavy atom. The molecule has 0 saturated heterocycles. The predicted molar refractivity (Wildman–Crippen MR) is 137 cm³/mol. The highest BCUT2D eigenvalue weighted by Gasteiger charge is 2.18. The summed E-state index contributed by atoms with van der Waals surface area (Å²) in [5.41, 5.74) is 9.12. The van der Waals surface area contributed by atoms with Gasteiger partial charge in [-0.3, -0.25) is 4.79 Å². The van der Waals surface area contributed by atoms with Crippen molar-refractivity contribution in [3.8, 4) is 11.5 Å². The summed E-state index contributed by atoms with van der Waals surface area (Å²) in [7, 11) is 3.10. The van der Waals surface area contributed by atoms with Crippen LogP contribution in [0.15, 0.2) is 60.8 Å². The van der Waals surface area contributed by atoms with Crippen LogP contribution < -0.4 is 20.5 Å². The number of ether oxygens (including phenoxy) is 2. The molecule has 10 heteroatoms. The van der Waals surface area contributed by atoms with Gasteiger partial charge in [0.2, 0.25) is 5.82 Å². The average Bonchev–Trinajstić information content (AvgIpc) is 3.34. The lowest BCUT2D eigenvalue weighted by Gasteiger charge is -2.23. The van der Waals surface area contributed by atoms with E-state index in [1.807, 2.05) is 24.3 Å². The quantitative estimate of drug-likeness (QED) is 0.304. The average molecular weight is 492 g/mol. The number of aromatic carboxylic acids is 1. The molecule has 4 rings (SSSR count). The lowest BCUT2D eigenvalue weighted by atomic mass is 9.85. The zero-order valence-electron chi connectivity index (χ0n) is 20.5. The number of carboxylic acids is 1. The minimum Gasteiger partial charge on any atom is -0.493 e. The number of aromatic nitrogens is 3. The van der Waals surface area contributed by atoms with Gasteiger partial charge in [0.05, 0.1) is 14.2 Å². The number of nitrogens with two attached hydrogens (primary N) is 1. The SMILES string of the molecule is COc1ccc(C(=O)Nc2ccc(C(C)(C)CN)cc2)cc1OC.O=C(O)c1nc2cccnc2[nH]1. The number of H-pyrrole nitrogens is 1. The first-order chi connectivity index (χ1) is 17.2. The number of hydrogen-bond acceptors (Lipinski definition) is 7. The molecule has 188 valence electrons. The van der Waals surface area contributed by atoms with Crippen LogP contribution in [0.1, 0.15) is 40.4 Å². The third kappa shape index (κ3) is 6.16. The second kappa shape index (κ2) is 11.3. The fourth-order valence-electron chi connectivity index (χ4n) is 3.25. The molecule has 5 N–H and O–H groups in total. The molecule has 0 atom stereocenters. The van der Waals surface area contributed by atoms with Crippen LogP contribution in [0.5, 0.6) is 11.5 Å². The van der Waals surface area contributed by atoms with Gasteiger partial charge in [-0.25, -0.2) is 14.8 Å². The summed E-state index contributed by atoms with van der Waals surface area (Å²) >= 11 is 0. The molecule has 2 aromatic heterocycles. The van der Waals surface area contributed by atoms with E-state index >= 15 is 0 Å². The van der Waals surface area contributed by atoms with E-state index in [9.17, 15) is 9.59 Å². The maximum absolute atomic E-state index is 12.4. The van der Waals surface area contributed by atoms with Gasteiger partial charge in [-0.2, -0.15) is 0 Å². The maximum atomic E-state index is 12.4. The number of methoxy groups -OCH3 is 2. The van der Waals surface area contributed by atoms with Crippen molar-refractivity contribution in [3.63, 3.8) is 0 Å². The maximum Gasteiger partial charge on any atom is 0.371 e. The van der Waals surface area contributed by atoms with Crippen LogP contribution >= 0.6 is 0 Å². The molecule has 0 bridgehead atoms. The molecule has 0 fully saturated rings. The molecule has 10 nitrogen and oxygen atoms in total. The number of carbonyl (C=O) groups is 2. The minimum atomic E-state index is -1.08. The van der Waals surface area contributed by atoms with Crippen LogP contribution in [0.4, 0.5) is 5.69 Å². The highest BCUT2D eigenvalue weighted by molar-refractivity contribution is 6.04. The molecule has 1 amide bonds. The van der Waals surface area contributed by atoms with Crippen molar-refractivity contribution in [1.29, 1.82) is 0 Å². The van der Waals surface area contributed by atoms with Gasteiger partial charge in [0, 0.05) is 29.4 Å². The molecule has 0 radical (unpaired) electrons. The second-order valence-electron chi connectivity index (χ2n) is 8.45. The van der Waals surface area contributed by atoms with Crippen molar-refractivity contribution in [3.05, 3.63) is 77.7 Å². The minimum absolute atomic E-state index is 0.0799. The third-order valence-electron chi connectivity index (χ3n) is 5.54. The predicted octanol–water partition coefficient (Wildman–Crippen LogP) is 3.85. The summed E-state index contributed by atoms with van der Waals surface area (Å²) in [6.07, 6.45) is 1.58. The Hall–Kier alpha value is -4.44. The number of carboxylic acid groups (broad SMARTS) is 1. The lowest BCUT2D eigenvalue weighted by molar-refractivity contribution is 0.0685. The number of nitrogens with one attached hydrogen (secondary N) is 2. The molecule has 0 unspecified atom stereocenters. The number of hydrogen-bond donors (Lipinski definition) is 4. The molecule has 0 aliphatic rings. The Morgan fingerprint density at radius 3 is 2.33 bits per heavy atom. The molecule has 0 spiro atoms. The van der Waals surface area contributed by atoms with Crippen LogP contribution in [0.3, 0.4) is 0 Å². The standard InChI is InChI=1S/C19H24N2O3.C7H5N3O2/c1-19(2,12-20)14-6-8-15(9-7-14)21-18(22)13-5-10-16(23-3)17(11-13)24-4;11-7(12)6-9-4-2-1-3-8-5(4)10-6/h5-11H,12,20H2,1-4H3,(H,21,22);1-3H,(H,11,12)(H,8,9,10). The molecule has 4 aromatic rings. The highest BCUT2D eigenvalue weighted by atomic mass is 16.5. The molecular weight excluding hydrogens is 462 g/mol. The number of carbonyl (C=O) groups excluding carboxylic acids is 1. The molecule has 36 heavy (non-hydrogen) atoms. The number of benzene rings is 2. The van der Waals surface area contributed by atoms with Crippen molar-refractivity contribution in [2.45, 2.75) is 19.3 Å². The van der Waals surface area contributed by atoms with Crippen molar-refractivity contribution in [2.75, 3.05) is 26.1 Å². The molecule has 2 heterocycles. The highest BCUT2D eigenvalue weighted by Crippen LogP contribution is 2.28. The Morgan fingerprint density at radius 1 is 1.06 bits per heavy atom. The molecule has 0 saturated carbocycles. The van der Waals surface area contributed by atoms with Crippen LogP contribution in [0, 0.1) is 0 Å². The summed E-state index contributed by atoms with van der Waals surface area (Å²) in [4.78, 5) is 33.1. The number of fused-ring (bicyclic) bond motifs is 1. The van der Waals surface area contributed by atoms with Gasteiger partial charge in [-0.15, -0.1) is 0 Å². The van der Waals surface area contributed by atoms with E-state index in [1.165, 1.54) is 7.11 Å². The monoisotopic (exact) mass is 491 g/mol. The number of nitrogens with zero attached hydrogens (tertiary/aromatic N) is 2. The van der Waals surface area contributed by atoms with E-state index in [4.69, 9.17) is 20.3 Å². The fraction of sp³-hybridized carbons (Fsp3) is 0.231. The first kappa shape index (κ1) is 26.2. The number of imidazole rings is 1. The molecule has 0 aliphatic heterocycles. The fourth-order valence-corrected chi connectivity index (χ4v) is 3.25. The van der Waals surface area contributed by atoms with Gasteiger partial charge in [-0.05, 0) is 48.0 Å². The van der Waals surface area contributed by atoms with Gasteiger partial charge in [0.15, 0.2) is 17.1 Å². The normalized spacial score (nSPS) is 10.8.